The van der Waals surface area contributed by atoms with E-state index in [4.69, 9.17) is 4.74 Å². The molecule has 3 nitrogen and oxygen atoms in total. The van der Waals surface area contributed by atoms with Crippen molar-refractivity contribution < 1.29 is 27.1 Å². The van der Waals surface area contributed by atoms with Crippen molar-refractivity contribution in [3.05, 3.63) is 88.7 Å². The fourth-order valence-corrected chi connectivity index (χ4v) is 2.86. The van der Waals surface area contributed by atoms with Crippen LogP contribution in [0.1, 0.15) is 27.0 Å². The second-order valence-corrected chi connectivity index (χ2v) is 6.60. The molecule has 3 aromatic rings. The highest BCUT2D eigenvalue weighted by Crippen LogP contribution is 2.39. The van der Waals surface area contributed by atoms with Crippen LogP contribution in [0.5, 0.6) is 11.5 Å². The molecule has 1 N–H and O–H groups in total. The molecule has 0 heterocycles. The fourth-order valence-electron chi connectivity index (χ4n) is 2.86. The van der Waals surface area contributed by atoms with Gasteiger partial charge in [-0.05, 0) is 68.4 Å². The minimum atomic E-state index is -4.71. The Balaban J connectivity index is 1.89. The number of alkyl halides is 3. The Bertz CT molecular complexity index is 1020. The number of aryl methyl sites for hydroxylation is 2. The minimum Gasteiger partial charge on any atom is -0.457 e. The van der Waals surface area contributed by atoms with Crippen LogP contribution in [0.4, 0.5) is 23.2 Å². The van der Waals surface area contributed by atoms with Crippen LogP contribution < -0.4 is 10.1 Å². The minimum absolute atomic E-state index is 0.0204. The van der Waals surface area contributed by atoms with Gasteiger partial charge in [0.2, 0.25) is 0 Å². The third-order valence-electron chi connectivity index (χ3n) is 4.07. The number of hydrogen-bond donors (Lipinski definition) is 1. The number of benzene rings is 3. The molecule has 0 spiro atoms. The third kappa shape index (κ3) is 5.13. The van der Waals surface area contributed by atoms with Crippen LogP contribution in [0, 0.1) is 19.7 Å². The summed E-state index contributed by atoms with van der Waals surface area (Å²) in [6.45, 7) is 3.65. The van der Waals surface area contributed by atoms with Crippen molar-refractivity contribution in [2.45, 2.75) is 20.0 Å². The molecule has 3 rings (SSSR count). The number of anilines is 1. The van der Waals surface area contributed by atoms with Gasteiger partial charge in [-0.3, -0.25) is 4.79 Å². The van der Waals surface area contributed by atoms with Gasteiger partial charge in [0, 0.05) is 11.3 Å². The van der Waals surface area contributed by atoms with Crippen LogP contribution in [0.2, 0.25) is 0 Å². The standard InChI is InChI=1S/C22H17F4NO2/c1-13-9-14(2)11-15(10-13)21(28)27-17-5-8-20(19(12-17)22(24,25)26)29-18-6-3-16(23)4-7-18/h3-12H,1-2H3,(H,27,28). The van der Waals surface area contributed by atoms with Gasteiger partial charge in [0.15, 0.2) is 0 Å². The molecule has 0 aliphatic rings. The highest BCUT2D eigenvalue weighted by atomic mass is 19.4. The molecular weight excluding hydrogens is 386 g/mol. The number of nitrogens with one attached hydrogen (secondary N) is 1. The van der Waals surface area contributed by atoms with Gasteiger partial charge in [-0.1, -0.05) is 17.2 Å². The number of ether oxygens (including phenoxy) is 1. The maximum absolute atomic E-state index is 13.5. The molecule has 0 aromatic heterocycles. The molecule has 0 aliphatic carbocycles. The molecular formula is C22H17F4NO2. The Morgan fingerprint density at radius 2 is 1.52 bits per heavy atom. The normalized spacial score (nSPS) is 11.2. The van der Waals surface area contributed by atoms with E-state index in [0.717, 1.165) is 35.4 Å². The van der Waals surface area contributed by atoms with Gasteiger partial charge in [-0.2, -0.15) is 13.2 Å². The highest BCUT2D eigenvalue weighted by molar-refractivity contribution is 6.04. The second-order valence-electron chi connectivity index (χ2n) is 6.60. The van der Waals surface area contributed by atoms with Crippen molar-refractivity contribution in [2.24, 2.45) is 0 Å². The first-order chi connectivity index (χ1) is 13.6. The molecule has 3 aromatic carbocycles. The van der Waals surface area contributed by atoms with Gasteiger partial charge in [0.1, 0.15) is 22.9 Å². The Morgan fingerprint density at radius 1 is 0.897 bits per heavy atom. The molecule has 0 saturated heterocycles. The first kappa shape index (κ1) is 20.4. The summed E-state index contributed by atoms with van der Waals surface area (Å²) in [4.78, 5) is 12.4. The van der Waals surface area contributed by atoms with Crippen molar-refractivity contribution in [3.8, 4) is 11.5 Å². The predicted octanol–water partition coefficient (Wildman–Crippen LogP) is 6.51. The molecule has 7 heteroatoms. The van der Waals surface area contributed by atoms with E-state index < -0.39 is 29.2 Å². The SMILES string of the molecule is Cc1cc(C)cc(C(=O)Nc2ccc(Oc3ccc(F)cc3)c(C(F)(F)F)c2)c1. The van der Waals surface area contributed by atoms with Gasteiger partial charge in [-0.25, -0.2) is 4.39 Å². The highest BCUT2D eigenvalue weighted by Gasteiger charge is 2.35. The van der Waals surface area contributed by atoms with Crippen LogP contribution >= 0.6 is 0 Å². The van der Waals surface area contributed by atoms with Gasteiger partial charge >= 0.3 is 6.18 Å². The van der Waals surface area contributed by atoms with Gasteiger partial charge in [-0.15, -0.1) is 0 Å². The summed E-state index contributed by atoms with van der Waals surface area (Å²) in [5.74, 6) is -1.44. The molecule has 29 heavy (non-hydrogen) atoms. The number of hydrogen-bond acceptors (Lipinski definition) is 2. The second kappa shape index (κ2) is 7.95. The summed E-state index contributed by atoms with van der Waals surface area (Å²) in [7, 11) is 0. The number of carbonyl (C=O) groups is 1. The molecule has 0 bridgehead atoms. The maximum atomic E-state index is 13.5. The monoisotopic (exact) mass is 403 g/mol. The lowest BCUT2D eigenvalue weighted by Gasteiger charge is -2.16. The van der Waals surface area contributed by atoms with E-state index >= 15 is 0 Å². The zero-order chi connectivity index (χ0) is 21.2. The molecule has 0 atom stereocenters. The number of rotatable bonds is 4. The largest absolute Gasteiger partial charge is 0.457 e. The summed E-state index contributed by atoms with van der Waals surface area (Å²) in [6, 6.07) is 13.0. The zero-order valence-electron chi connectivity index (χ0n) is 15.6. The predicted molar refractivity (Wildman–Crippen MR) is 102 cm³/mol. The summed E-state index contributed by atoms with van der Waals surface area (Å²) in [5.41, 5.74) is 1.01. The van der Waals surface area contributed by atoms with Crippen LogP contribution in [-0.4, -0.2) is 5.91 Å². The van der Waals surface area contributed by atoms with Crippen molar-refractivity contribution in [1.29, 1.82) is 0 Å². The van der Waals surface area contributed by atoms with Crippen LogP contribution in [0.15, 0.2) is 60.7 Å². The van der Waals surface area contributed by atoms with Crippen molar-refractivity contribution >= 4 is 11.6 Å². The van der Waals surface area contributed by atoms with E-state index in [9.17, 15) is 22.4 Å². The van der Waals surface area contributed by atoms with Gasteiger partial charge in [0.25, 0.3) is 5.91 Å². The first-order valence-electron chi connectivity index (χ1n) is 8.66. The van der Waals surface area contributed by atoms with Crippen molar-refractivity contribution in [3.63, 3.8) is 0 Å². The number of carbonyl (C=O) groups excluding carboxylic acids is 1. The lowest BCUT2D eigenvalue weighted by atomic mass is 10.1. The molecule has 1 amide bonds. The molecule has 0 aliphatic heterocycles. The molecule has 0 fully saturated rings. The lowest BCUT2D eigenvalue weighted by Crippen LogP contribution is -2.14. The average molecular weight is 403 g/mol. The zero-order valence-corrected chi connectivity index (χ0v) is 15.6. The average Bonchev–Trinajstić information content (AvgIpc) is 2.63. The molecule has 150 valence electrons. The third-order valence-corrected chi connectivity index (χ3v) is 4.07. The summed E-state index contributed by atoms with van der Waals surface area (Å²) >= 11 is 0. The smallest absolute Gasteiger partial charge is 0.420 e. The van der Waals surface area contributed by atoms with E-state index in [1.807, 2.05) is 19.9 Å². The Kier molecular flexibility index (Phi) is 5.59. The summed E-state index contributed by atoms with van der Waals surface area (Å²) in [6.07, 6.45) is -4.71. The fraction of sp³-hybridized carbons (Fsp3) is 0.136. The van der Waals surface area contributed by atoms with E-state index in [0.29, 0.717) is 5.56 Å². The van der Waals surface area contributed by atoms with E-state index in [1.54, 1.807) is 12.1 Å². The lowest BCUT2D eigenvalue weighted by molar-refractivity contribution is -0.138. The topological polar surface area (TPSA) is 38.3 Å². The Labute approximate surface area is 164 Å². The molecule has 0 unspecified atom stereocenters. The summed E-state index contributed by atoms with van der Waals surface area (Å²) < 4.78 is 58.8. The van der Waals surface area contributed by atoms with Crippen LogP contribution in [0.3, 0.4) is 0 Å². The van der Waals surface area contributed by atoms with Gasteiger partial charge in [0.05, 0.1) is 0 Å². The quantitative estimate of drug-likeness (QED) is 0.505. The number of amides is 1. The van der Waals surface area contributed by atoms with Crippen LogP contribution in [-0.2, 0) is 6.18 Å². The first-order valence-corrected chi connectivity index (χ1v) is 8.66. The van der Waals surface area contributed by atoms with E-state index in [-0.39, 0.29) is 11.4 Å². The van der Waals surface area contributed by atoms with E-state index in [1.165, 1.54) is 18.2 Å². The molecule has 0 saturated carbocycles. The van der Waals surface area contributed by atoms with Gasteiger partial charge < -0.3 is 10.1 Å². The van der Waals surface area contributed by atoms with Crippen LogP contribution in [0.25, 0.3) is 0 Å². The summed E-state index contributed by atoms with van der Waals surface area (Å²) in [5, 5.41) is 2.48. The van der Waals surface area contributed by atoms with E-state index in [2.05, 4.69) is 5.32 Å². The number of halogens is 4. The molecule has 0 radical (unpaired) electrons. The maximum Gasteiger partial charge on any atom is 0.420 e. The van der Waals surface area contributed by atoms with Crippen molar-refractivity contribution in [2.75, 3.05) is 5.32 Å². The van der Waals surface area contributed by atoms with Crippen molar-refractivity contribution in [1.82, 2.24) is 0 Å². The Hall–Kier alpha value is -3.35. The Morgan fingerprint density at radius 3 is 2.10 bits per heavy atom.